The molecule has 2 aromatic rings. The molecule has 1 heterocycles. The number of carbonyl (C=O) groups is 2. The Morgan fingerprint density at radius 1 is 1.21 bits per heavy atom. The largest absolute Gasteiger partial charge is 0.497 e. The zero-order chi connectivity index (χ0) is 20.2. The van der Waals surface area contributed by atoms with E-state index in [1.807, 2.05) is 24.3 Å². The number of nitrogens with one attached hydrogen (secondary N) is 1. The maximum atomic E-state index is 12.9. The highest BCUT2D eigenvalue weighted by Crippen LogP contribution is 2.59. The lowest BCUT2D eigenvalue weighted by molar-refractivity contribution is -0.145. The van der Waals surface area contributed by atoms with Gasteiger partial charge in [-0.05, 0) is 62.0 Å². The Balaban J connectivity index is 1.32. The minimum atomic E-state index is -0.356. The smallest absolute Gasteiger partial charge is 0.273 e. The molecule has 2 unspecified atom stereocenters. The van der Waals surface area contributed by atoms with E-state index >= 15 is 0 Å². The van der Waals surface area contributed by atoms with Gasteiger partial charge in [-0.1, -0.05) is 17.3 Å². The highest BCUT2D eigenvalue weighted by atomic mass is 16.5. The minimum Gasteiger partial charge on any atom is -0.497 e. The van der Waals surface area contributed by atoms with Gasteiger partial charge in [-0.3, -0.25) is 9.59 Å². The Morgan fingerprint density at radius 3 is 2.66 bits per heavy atom. The number of primary amides is 1. The molecular weight excluding hydrogens is 370 g/mol. The maximum absolute atomic E-state index is 12.9. The summed E-state index contributed by atoms with van der Waals surface area (Å²) < 4.78 is 10.6. The van der Waals surface area contributed by atoms with Crippen molar-refractivity contribution in [1.29, 1.82) is 0 Å². The van der Waals surface area contributed by atoms with E-state index in [4.69, 9.17) is 15.0 Å². The first-order valence-corrected chi connectivity index (χ1v) is 10.2. The summed E-state index contributed by atoms with van der Waals surface area (Å²) in [4.78, 5) is 25.0. The van der Waals surface area contributed by atoms with Crippen molar-refractivity contribution >= 4 is 11.8 Å². The van der Waals surface area contributed by atoms with E-state index in [-0.39, 0.29) is 29.0 Å². The molecule has 7 nitrogen and oxygen atoms in total. The van der Waals surface area contributed by atoms with Crippen LogP contribution in [-0.2, 0) is 4.79 Å². The number of hydrogen-bond acceptors (Lipinski definition) is 5. The first-order valence-electron chi connectivity index (χ1n) is 10.2. The first-order chi connectivity index (χ1) is 14.0. The molecule has 152 valence electrons. The Hall–Kier alpha value is -2.83. The molecule has 4 fully saturated rings. The fourth-order valence-corrected chi connectivity index (χ4v) is 6.08. The van der Waals surface area contributed by atoms with Crippen LogP contribution in [0.4, 0.5) is 0 Å². The lowest BCUT2D eigenvalue weighted by atomic mass is 9.47. The second-order valence-electron chi connectivity index (χ2n) is 8.92. The quantitative estimate of drug-likeness (QED) is 0.809. The Morgan fingerprint density at radius 2 is 1.97 bits per heavy atom. The van der Waals surface area contributed by atoms with Gasteiger partial charge in [0.25, 0.3) is 5.91 Å². The van der Waals surface area contributed by atoms with E-state index < -0.39 is 0 Å². The highest BCUT2D eigenvalue weighted by Gasteiger charge is 2.58. The second kappa shape index (κ2) is 6.61. The lowest BCUT2D eigenvalue weighted by Crippen LogP contribution is -2.62. The minimum absolute atomic E-state index is 0.0727. The summed E-state index contributed by atoms with van der Waals surface area (Å²) in [5.41, 5.74) is 6.46. The van der Waals surface area contributed by atoms with Crippen molar-refractivity contribution < 1.29 is 18.8 Å². The summed E-state index contributed by atoms with van der Waals surface area (Å²) in [6.07, 6.45) is 4.61. The highest BCUT2D eigenvalue weighted by molar-refractivity contribution is 5.93. The van der Waals surface area contributed by atoms with Gasteiger partial charge in [-0.25, -0.2) is 0 Å². The molecule has 4 aliphatic carbocycles. The van der Waals surface area contributed by atoms with Crippen LogP contribution >= 0.6 is 0 Å². The zero-order valence-electron chi connectivity index (χ0n) is 16.4. The van der Waals surface area contributed by atoms with E-state index in [1.165, 1.54) is 0 Å². The van der Waals surface area contributed by atoms with Crippen molar-refractivity contribution in [3.05, 3.63) is 36.0 Å². The molecule has 3 N–H and O–H groups in total. The third-order valence-electron chi connectivity index (χ3n) is 7.19. The van der Waals surface area contributed by atoms with Gasteiger partial charge < -0.3 is 20.3 Å². The molecule has 0 spiro atoms. The third-order valence-corrected chi connectivity index (χ3v) is 7.19. The van der Waals surface area contributed by atoms with Crippen LogP contribution in [0.2, 0.25) is 0 Å². The lowest BCUT2D eigenvalue weighted by Gasteiger charge is -2.58. The van der Waals surface area contributed by atoms with E-state index in [2.05, 4.69) is 10.5 Å². The molecular formula is C22H25N3O4. The number of benzene rings is 1. The average Bonchev–Trinajstić information content (AvgIpc) is 3.20. The number of nitrogens with zero attached hydrogens (tertiary/aromatic N) is 1. The van der Waals surface area contributed by atoms with Gasteiger partial charge in [-0.2, -0.15) is 0 Å². The Kier molecular flexibility index (Phi) is 4.15. The Bertz CT molecular complexity index is 952. The van der Waals surface area contributed by atoms with Crippen molar-refractivity contribution in [3.8, 4) is 17.1 Å². The molecule has 1 aromatic heterocycles. The molecule has 0 saturated heterocycles. The molecule has 4 bridgehead atoms. The molecule has 7 heteroatoms. The first kappa shape index (κ1) is 18.2. The van der Waals surface area contributed by atoms with Crippen LogP contribution in [0.15, 0.2) is 34.9 Å². The third kappa shape index (κ3) is 2.99. The topological polar surface area (TPSA) is 107 Å². The number of hydrogen-bond donors (Lipinski definition) is 2. The van der Waals surface area contributed by atoms with Gasteiger partial charge in [0, 0.05) is 23.1 Å². The van der Waals surface area contributed by atoms with E-state index in [0.717, 1.165) is 37.7 Å². The zero-order valence-corrected chi connectivity index (χ0v) is 16.4. The number of amides is 2. The van der Waals surface area contributed by atoms with Crippen LogP contribution in [-0.4, -0.2) is 30.1 Å². The van der Waals surface area contributed by atoms with E-state index in [9.17, 15) is 9.59 Å². The van der Waals surface area contributed by atoms with E-state index in [0.29, 0.717) is 29.3 Å². The van der Waals surface area contributed by atoms with Crippen LogP contribution in [0.1, 0.15) is 42.6 Å². The van der Waals surface area contributed by atoms with Crippen LogP contribution in [0.25, 0.3) is 11.3 Å². The number of carbonyl (C=O) groups excluding carboxylic acids is 2. The number of methoxy groups -OCH3 is 1. The second-order valence-corrected chi connectivity index (χ2v) is 8.92. The predicted octanol–water partition coefficient (Wildman–Crippen LogP) is 2.76. The van der Waals surface area contributed by atoms with Crippen molar-refractivity contribution in [3.63, 3.8) is 0 Å². The van der Waals surface area contributed by atoms with Crippen LogP contribution < -0.4 is 15.8 Å². The fraction of sp³-hybridized carbons (Fsp3) is 0.500. The van der Waals surface area contributed by atoms with Crippen molar-refractivity contribution in [2.75, 3.05) is 7.11 Å². The summed E-state index contributed by atoms with van der Waals surface area (Å²) >= 11 is 0. The molecule has 6 rings (SSSR count). The molecule has 29 heavy (non-hydrogen) atoms. The SMILES string of the molecule is COc1cccc(-c2cc(C(=O)NC3C4CC5CC3CC(C(N)=O)(C5)C4)no2)c1. The van der Waals surface area contributed by atoms with Gasteiger partial charge in [0.15, 0.2) is 11.5 Å². The van der Waals surface area contributed by atoms with Gasteiger partial charge in [0.2, 0.25) is 5.91 Å². The normalized spacial score (nSPS) is 32.2. The maximum Gasteiger partial charge on any atom is 0.273 e. The summed E-state index contributed by atoms with van der Waals surface area (Å²) in [5.74, 6) is 2.01. The average molecular weight is 395 g/mol. The van der Waals surface area contributed by atoms with Crippen LogP contribution in [0.5, 0.6) is 5.75 Å². The fourth-order valence-electron chi connectivity index (χ4n) is 6.08. The van der Waals surface area contributed by atoms with Crippen molar-refractivity contribution in [1.82, 2.24) is 10.5 Å². The van der Waals surface area contributed by atoms with E-state index in [1.54, 1.807) is 13.2 Å². The summed E-state index contributed by atoms with van der Waals surface area (Å²) in [6.45, 7) is 0. The molecule has 0 aliphatic heterocycles. The molecule has 4 saturated carbocycles. The molecule has 0 radical (unpaired) electrons. The van der Waals surface area contributed by atoms with Gasteiger partial charge in [-0.15, -0.1) is 0 Å². The summed E-state index contributed by atoms with van der Waals surface area (Å²) in [7, 11) is 1.60. The summed E-state index contributed by atoms with van der Waals surface area (Å²) in [6, 6.07) is 9.15. The van der Waals surface area contributed by atoms with Crippen molar-refractivity contribution in [2.24, 2.45) is 28.9 Å². The standard InChI is InChI=1S/C22H25N3O4/c1-28-16-4-2-3-13(7-16)18-8-17(25-29-18)20(26)24-19-14-5-12-6-15(19)11-22(9-12,10-14)21(23)27/h2-4,7-8,12,14-15,19H,5-6,9-11H2,1H3,(H2,23,27)(H,24,26). The number of aromatic nitrogens is 1. The molecule has 2 atom stereocenters. The van der Waals surface area contributed by atoms with Crippen LogP contribution in [0, 0.1) is 23.2 Å². The van der Waals surface area contributed by atoms with Gasteiger partial charge >= 0.3 is 0 Å². The monoisotopic (exact) mass is 395 g/mol. The summed E-state index contributed by atoms with van der Waals surface area (Å²) in [5, 5.41) is 7.15. The number of ether oxygens (including phenoxy) is 1. The molecule has 4 aliphatic rings. The Labute approximate surface area is 169 Å². The van der Waals surface area contributed by atoms with Gasteiger partial charge in [0.1, 0.15) is 5.75 Å². The number of nitrogens with two attached hydrogens (primary N) is 1. The van der Waals surface area contributed by atoms with Gasteiger partial charge in [0.05, 0.1) is 7.11 Å². The number of rotatable bonds is 5. The molecule has 2 amide bonds. The predicted molar refractivity (Wildman–Crippen MR) is 105 cm³/mol. The van der Waals surface area contributed by atoms with Crippen molar-refractivity contribution in [2.45, 2.75) is 38.1 Å². The van der Waals surface area contributed by atoms with Crippen LogP contribution in [0.3, 0.4) is 0 Å². The molecule has 1 aromatic carbocycles.